The lowest BCUT2D eigenvalue weighted by atomic mass is 9.86. The van der Waals surface area contributed by atoms with Crippen LogP contribution in [0.4, 0.5) is 0 Å². The molecule has 6 nitrogen and oxygen atoms in total. The average molecular weight is 321 g/mol. The number of hydrogen-bond acceptors (Lipinski definition) is 3. The molecular formula is C17H27N3O3. The van der Waals surface area contributed by atoms with Crippen LogP contribution in [-0.4, -0.2) is 35.7 Å². The third-order valence-corrected chi connectivity index (χ3v) is 5.68. The summed E-state index contributed by atoms with van der Waals surface area (Å²) in [6.45, 7) is 0.665. The first kappa shape index (κ1) is 16.3. The number of hydrogen-bond donors (Lipinski definition) is 2. The molecule has 2 bridgehead atoms. The lowest BCUT2D eigenvalue weighted by Crippen LogP contribution is -2.48. The molecular weight excluding hydrogens is 294 g/mol. The Hall–Kier alpha value is -1.59. The lowest BCUT2D eigenvalue weighted by molar-refractivity contribution is -0.136. The van der Waals surface area contributed by atoms with E-state index in [1.54, 1.807) is 4.90 Å². The number of amides is 3. The van der Waals surface area contributed by atoms with Crippen LogP contribution >= 0.6 is 0 Å². The minimum Gasteiger partial charge on any atom is -0.333 e. The van der Waals surface area contributed by atoms with Crippen LogP contribution in [0.2, 0.25) is 0 Å². The van der Waals surface area contributed by atoms with E-state index in [0.29, 0.717) is 31.2 Å². The van der Waals surface area contributed by atoms with Crippen LogP contribution in [0, 0.1) is 17.8 Å². The van der Waals surface area contributed by atoms with Crippen LogP contribution < -0.4 is 10.9 Å². The second-order valence-electron chi connectivity index (χ2n) is 7.36. The number of carbonyl (C=O) groups excluding carboxylic acids is 3. The zero-order chi connectivity index (χ0) is 16.2. The van der Waals surface area contributed by atoms with Crippen molar-refractivity contribution in [2.45, 2.75) is 57.8 Å². The summed E-state index contributed by atoms with van der Waals surface area (Å²) in [5, 5.41) is 0. The standard InChI is InChI=1S/C17H27N3O3/c21-15(10-14-9-12-5-6-13(14)8-12)18-19-16(22)11-20-7-3-1-2-4-17(20)23/h12-14H,1-11H2,(H,18,21)(H,19,22)/t12-,13+,14+/m0/s1. The molecule has 0 aromatic carbocycles. The molecule has 1 heterocycles. The molecule has 3 atom stereocenters. The van der Waals surface area contributed by atoms with Crippen LogP contribution in [-0.2, 0) is 14.4 Å². The van der Waals surface area contributed by atoms with Crippen molar-refractivity contribution in [3.05, 3.63) is 0 Å². The number of rotatable bonds is 4. The van der Waals surface area contributed by atoms with Gasteiger partial charge in [0.1, 0.15) is 6.54 Å². The highest BCUT2D eigenvalue weighted by molar-refractivity contribution is 5.86. The molecule has 6 heteroatoms. The molecule has 0 unspecified atom stereocenters. The second-order valence-corrected chi connectivity index (χ2v) is 7.36. The highest BCUT2D eigenvalue weighted by Crippen LogP contribution is 2.49. The first-order valence-corrected chi connectivity index (χ1v) is 8.97. The average Bonchev–Trinajstić information content (AvgIpc) is 3.08. The molecule has 1 aliphatic heterocycles. The van der Waals surface area contributed by atoms with E-state index in [1.165, 1.54) is 19.3 Å². The van der Waals surface area contributed by atoms with Crippen LogP contribution in [0.25, 0.3) is 0 Å². The van der Waals surface area contributed by atoms with E-state index in [2.05, 4.69) is 10.9 Å². The predicted octanol–water partition coefficient (Wildman–Crippen LogP) is 1.36. The SMILES string of the molecule is O=C(C[C@H]1C[C@H]2CC[C@@H]1C2)NNC(=O)CN1CCCCCC1=O. The summed E-state index contributed by atoms with van der Waals surface area (Å²) in [5.74, 6) is 1.61. The first-order chi connectivity index (χ1) is 11.1. The van der Waals surface area contributed by atoms with Crippen molar-refractivity contribution in [3.63, 3.8) is 0 Å². The summed E-state index contributed by atoms with van der Waals surface area (Å²) >= 11 is 0. The van der Waals surface area contributed by atoms with Crippen LogP contribution in [0.15, 0.2) is 0 Å². The third-order valence-electron chi connectivity index (χ3n) is 5.68. The largest absolute Gasteiger partial charge is 0.333 e. The molecule has 0 spiro atoms. The van der Waals surface area contributed by atoms with E-state index in [1.807, 2.05) is 0 Å². The molecule has 128 valence electrons. The van der Waals surface area contributed by atoms with Gasteiger partial charge in [0.05, 0.1) is 0 Å². The van der Waals surface area contributed by atoms with Gasteiger partial charge in [0.25, 0.3) is 5.91 Å². The maximum absolute atomic E-state index is 12.0. The van der Waals surface area contributed by atoms with E-state index in [0.717, 1.165) is 31.6 Å². The van der Waals surface area contributed by atoms with E-state index >= 15 is 0 Å². The molecule has 1 saturated heterocycles. The molecule has 2 N–H and O–H groups in total. The number of carbonyl (C=O) groups is 3. The number of nitrogens with zero attached hydrogens (tertiary/aromatic N) is 1. The van der Waals surface area contributed by atoms with Gasteiger partial charge in [0.2, 0.25) is 11.8 Å². The Kier molecular flexibility index (Phi) is 5.18. The molecule has 2 aliphatic carbocycles. The van der Waals surface area contributed by atoms with Crippen molar-refractivity contribution in [2.75, 3.05) is 13.1 Å². The summed E-state index contributed by atoms with van der Waals surface area (Å²) in [6.07, 6.45) is 8.91. The van der Waals surface area contributed by atoms with Crippen molar-refractivity contribution in [1.29, 1.82) is 0 Å². The fraction of sp³-hybridized carbons (Fsp3) is 0.824. The van der Waals surface area contributed by atoms with Gasteiger partial charge in [0, 0.05) is 19.4 Å². The zero-order valence-corrected chi connectivity index (χ0v) is 13.7. The van der Waals surface area contributed by atoms with Gasteiger partial charge in [-0.2, -0.15) is 0 Å². The van der Waals surface area contributed by atoms with Crippen LogP contribution in [0.1, 0.15) is 57.8 Å². The Morgan fingerprint density at radius 3 is 2.61 bits per heavy atom. The van der Waals surface area contributed by atoms with E-state index in [-0.39, 0.29) is 24.3 Å². The fourth-order valence-electron chi connectivity index (χ4n) is 4.47. The second kappa shape index (κ2) is 7.32. The van der Waals surface area contributed by atoms with E-state index in [9.17, 15) is 14.4 Å². The Bertz CT molecular complexity index is 480. The van der Waals surface area contributed by atoms with Gasteiger partial charge in [-0.25, -0.2) is 0 Å². The summed E-state index contributed by atoms with van der Waals surface area (Å²) in [7, 11) is 0. The molecule has 3 amide bonds. The number of likely N-dealkylation sites (tertiary alicyclic amines) is 1. The number of fused-ring (bicyclic) bond motifs is 2. The van der Waals surface area contributed by atoms with Crippen molar-refractivity contribution in [1.82, 2.24) is 15.8 Å². The van der Waals surface area contributed by atoms with Gasteiger partial charge in [-0.05, 0) is 49.9 Å². The van der Waals surface area contributed by atoms with Gasteiger partial charge in [-0.3, -0.25) is 25.2 Å². The highest BCUT2D eigenvalue weighted by Gasteiger charge is 2.40. The summed E-state index contributed by atoms with van der Waals surface area (Å²) in [4.78, 5) is 37.3. The van der Waals surface area contributed by atoms with E-state index < -0.39 is 0 Å². The Morgan fingerprint density at radius 1 is 1.04 bits per heavy atom. The van der Waals surface area contributed by atoms with Crippen molar-refractivity contribution < 1.29 is 14.4 Å². The van der Waals surface area contributed by atoms with Crippen LogP contribution in [0.3, 0.4) is 0 Å². The molecule has 0 aromatic rings. The topological polar surface area (TPSA) is 78.5 Å². The van der Waals surface area contributed by atoms with Gasteiger partial charge < -0.3 is 4.90 Å². The molecule has 3 fully saturated rings. The van der Waals surface area contributed by atoms with Gasteiger partial charge in [0.15, 0.2) is 0 Å². The molecule has 23 heavy (non-hydrogen) atoms. The molecule has 3 rings (SSSR count). The number of hydrazine groups is 1. The minimum atomic E-state index is -0.318. The van der Waals surface area contributed by atoms with Gasteiger partial charge in [-0.1, -0.05) is 12.8 Å². The Labute approximate surface area is 137 Å². The quantitative estimate of drug-likeness (QED) is 0.768. The smallest absolute Gasteiger partial charge is 0.257 e. The summed E-state index contributed by atoms with van der Waals surface area (Å²) in [5.41, 5.74) is 4.97. The molecule has 3 aliphatic rings. The van der Waals surface area contributed by atoms with Gasteiger partial charge in [-0.15, -0.1) is 0 Å². The molecule has 0 radical (unpaired) electrons. The Balaban J connectivity index is 1.36. The zero-order valence-electron chi connectivity index (χ0n) is 13.7. The van der Waals surface area contributed by atoms with Crippen molar-refractivity contribution in [2.24, 2.45) is 17.8 Å². The van der Waals surface area contributed by atoms with Crippen molar-refractivity contribution in [3.8, 4) is 0 Å². The Morgan fingerprint density at radius 2 is 1.87 bits per heavy atom. The maximum atomic E-state index is 12.0. The summed E-state index contributed by atoms with van der Waals surface area (Å²) < 4.78 is 0. The first-order valence-electron chi connectivity index (χ1n) is 8.97. The van der Waals surface area contributed by atoms with Gasteiger partial charge >= 0.3 is 0 Å². The highest BCUT2D eigenvalue weighted by atomic mass is 16.2. The minimum absolute atomic E-state index is 0.0333. The number of nitrogens with one attached hydrogen (secondary N) is 2. The van der Waals surface area contributed by atoms with E-state index in [4.69, 9.17) is 0 Å². The maximum Gasteiger partial charge on any atom is 0.257 e. The monoisotopic (exact) mass is 321 g/mol. The lowest BCUT2D eigenvalue weighted by Gasteiger charge is -2.22. The summed E-state index contributed by atoms with van der Waals surface area (Å²) in [6, 6.07) is 0. The third kappa shape index (κ3) is 4.24. The normalized spacial score (nSPS) is 30.2. The fourth-order valence-corrected chi connectivity index (χ4v) is 4.47. The van der Waals surface area contributed by atoms with Crippen molar-refractivity contribution >= 4 is 17.7 Å². The predicted molar refractivity (Wildman–Crippen MR) is 84.9 cm³/mol. The van der Waals surface area contributed by atoms with Crippen LogP contribution in [0.5, 0.6) is 0 Å². The molecule has 0 aromatic heterocycles. The molecule has 2 saturated carbocycles.